The van der Waals surface area contributed by atoms with Gasteiger partial charge < -0.3 is 34.7 Å². The Bertz CT molecular complexity index is 1440. The van der Waals surface area contributed by atoms with Crippen LogP contribution in [0.5, 0.6) is 0 Å². The van der Waals surface area contributed by atoms with Crippen LogP contribution in [-0.2, 0) is 29.1 Å². The van der Waals surface area contributed by atoms with Gasteiger partial charge in [0.25, 0.3) is 0 Å². The van der Waals surface area contributed by atoms with Crippen molar-refractivity contribution in [2.45, 2.75) is 97.0 Å². The third-order valence-corrected chi connectivity index (χ3v) is 8.62. The molecule has 7 nitrogen and oxygen atoms in total. The molecule has 3 rings (SSSR count). The zero-order chi connectivity index (χ0) is 34.1. The summed E-state index contributed by atoms with van der Waals surface area (Å²) in [7, 11) is -1.65. The highest BCUT2D eigenvalue weighted by Gasteiger charge is 2.51. The average molecular weight is 642 g/mol. The minimum absolute atomic E-state index is 0.122. The SMILES string of the molecule is CCCCC(C)(OB(c1ccc(F)cc1CO)C(C)(CCCC)OB(O)c1ccc(F)cc1CO)B(O)c1ccc(F)cc1CO. The van der Waals surface area contributed by atoms with Crippen LogP contribution < -0.4 is 16.4 Å². The highest BCUT2D eigenvalue weighted by Crippen LogP contribution is 2.32. The maximum atomic E-state index is 14.4. The first kappa shape index (κ1) is 37.8. The van der Waals surface area contributed by atoms with E-state index in [1.807, 2.05) is 13.8 Å². The molecule has 13 heteroatoms. The van der Waals surface area contributed by atoms with Crippen LogP contribution in [0.3, 0.4) is 0 Å². The summed E-state index contributed by atoms with van der Waals surface area (Å²) in [6, 6.07) is 11.1. The highest BCUT2D eigenvalue weighted by atomic mass is 19.1. The van der Waals surface area contributed by atoms with Gasteiger partial charge in [-0.3, -0.25) is 0 Å². The first-order valence-corrected chi connectivity index (χ1v) is 15.8. The molecule has 0 heterocycles. The Labute approximate surface area is 270 Å². The molecule has 0 saturated carbocycles. The van der Waals surface area contributed by atoms with Crippen LogP contribution in [0, 0.1) is 17.5 Å². The van der Waals surface area contributed by atoms with E-state index < -0.39 is 69.2 Å². The van der Waals surface area contributed by atoms with Crippen molar-refractivity contribution < 1.29 is 47.8 Å². The lowest BCUT2D eigenvalue weighted by atomic mass is 9.41. The lowest BCUT2D eigenvalue weighted by Gasteiger charge is -2.44. The predicted molar refractivity (Wildman–Crippen MR) is 176 cm³/mol. The van der Waals surface area contributed by atoms with Gasteiger partial charge in [-0.1, -0.05) is 57.7 Å². The van der Waals surface area contributed by atoms with Crippen molar-refractivity contribution in [1.29, 1.82) is 0 Å². The van der Waals surface area contributed by atoms with Gasteiger partial charge >= 0.3 is 20.9 Å². The highest BCUT2D eigenvalue weighted by molar-refractivity contribution is 6.75. The Hall–Kier alpha value is -2.64. The fraction of sp³-hybridized carbons (Fsp3) is 0.455. The maximum Gasteiger partial charge on any atom is 0.491 e. The molecular formula is C33H44B3F3O7. The summed E-state index contributed by atoms with van der Waals surface area (Å²) >= 11 is 0. The summed E-state index contributed by atoms with van der Waals surface area (Å²) in [5.41, 5.74) is -1.55. The van der Waals surface area contributed by atoms with Crippen LogP contribution >= 0.6 is 0 Å². The topological polar surface area (TPSA) is 120 Å². The molecule has 2 atom stereocenters. The zero-order valence-electron chi connectivity index (χ0n) is 27.0. The standard InChI is InChI=1S/C33H44B3F3O7/c1-5-7-15-32(3,34(43)29-12-9-26(37)17-23(29)20-40)45-35(30-13-10-27(38)18-24(30)21-41)33(4,16-8-6-2)46-36(44)31-14-11-28(39)19-25(31)22-42/h9-14,17-19,40-44H,5-8,15-16,20-22H2,1-4H3. The Balaban J connectivity index is 2.24. The average Bonchev–Trinajstić information content (AvgIpc) is 3.04. The molecule has 0 aliphatic carbocycles. The van der Waals surface area contributed by atoms with Crippen LogP contribution in [0.4, 0.5) is 13.2 Å². The number of benzene rings is 3. The van der Waals surface area contributed by atoms with E-state index in [0.29, 0.717) is 31.1 Å². The van der Waals surface area contributed by atoms with Gasteiger partial charge in [0.1, 0.15) is 17.5 Å². The molecule has 0 radical (unpaired) electrons. The molecular weight excluding hydrogens is 598 g/mol. The van der Waals surface area contributed by atoms with Crippen LogP contribution in [0.2, 0.25) is 0 Å². The third-order valence-electron chi connectivity index (χ3n) is 8.62. The van der Waals surface area contributed by atoms with E-state index in [1.54, 1.807) is 13.8 Å². The number of aliphatic hydroxyl groups is 3. The first-order valence-electron chi connectivity index (χ1n) is 15.8. The predicted octanol–water partition coefficient (Wildman–Crippen LogP) is 3.07. The number of aliphatic hydroxyl groups excluding tert-OH is 3. The number of hydrogen-bond acceptors (Lipinski definition) is 7. The Morgan fingerprint density at radius 1 is 0.609 bits per heavy atom. The molecule has 2 unspecified atom stereocenters. The normalized spacial score (nSPS) is 14.1. The quantitative estimate of drug-likeness (QED) is 0.136. The molecule has 3 aromatic rings. The van der Waals surface area contributed by atoms with E-state index in [-0.39, 0.29) is 27.6 Å². The van der Waals surface area contributed by atoms with Gasteiger partial charge in [0.05, 0.1) is 30.8 Å². The molecule has 0 aliphatic heterocycles. The maximum absolute atomic E-state index is 14.4. The molecule has 0 aliphatic rings. The van der Waals surface area contributed by atoms with E-state index in [9.17, 15) is 38.5 Å². The van der Waals surface area contributed by atoms with Crippen LogP contribution in [0.25, 0.3) is 0 Å². The number of rotatable bonds is 18. The minimum atomic E-state index is -1.65. The van der Waals surface area contributed by atoms with E-state index in [2.05, 4.69) is 0 Å². The molecule has 0 spiro atoms. The Morgan fingerprint density at radius 3 is 1.50 bits per heavy atom. The molecule has 3 aromatic carbocycles. The fourth-order valence-corrected chi connectivity index (χ4v) is 5.90. The fourth-order valence-electron chi connectivity index (χ4n) is 5.90. The van der Waals surface area contributed by atoms with Crippen molar-refractivity contribution in [3.8, 4) is 0 Å². The van der Waals surface area contributed by atoms with Gasteiger partial charge in [-0.15, -0.1) is 0 Å². The second kappa shape index (κ2) is 17.0. The second-order valence-electron chi connectivity index (χ2n) is 12.2. The number of hydrogen-bond donors (Lipinski definition) is 5. The van der Waals surface area contributed by atoms with Crippen molar-refractivity contribution in [2.75, 3.05) is 0 Å². The molecule has 248 valence electrons. The summed E-state index contributed by atoms with van der Waals surface area (Å²) in [4.78, 5) is 0. The largest absolute Gasteiger partial charge is 0.491 e. The van der Waals surface area contributed by atoms with Crippen LogP contribution in [0.1, 0.15) is 82.9 Å². The van der Waals surface area contributed by atoms with E-state index in [4.69, 9.17) is 9.31 Å². The van der Waals surface area contributed by atoms with E-state index >= 15 is 0 Å². The van der Waals surface area contributed by atoms with Gasteiger partial charge in [-0.25, -0.2) is 13.2 Å². The Morgan fingerprint density at radius 2 is 1.02 bits per heavy atom. The summed E-state index contributed by atoms with van der Waals surface area (Å²) in [5.74, 6) is -1.77. The molecule has 0 saturated heterocycles. The lowest BCUT2D eigenvalue weighted by molar-refractivity contribution is 0.0743. The second-order valence-corrected chi connectivity index (χ2v) is 12.2. The van der Waals surface area contributed by atoms with Gasteiger partial charge in [0, 0.05) is 0 Å². The lowest BCUT2D eigenvalue weighted by Crippen LogP contribution is -2.66. The van der Waals surface area contributed by atoms with Gasteiger partial charge in [0.2, 0.25) is 0 Å². The van der Waals surface area contributed by atoms with Crippen molar-refractivity contribution in [1.82, 2.24) is 0 Å². The summed E-state index contributed by atoms with van der Waals surface area (Å²) in [6.45, 7) is 3.18. The van der Waals surface area contributed by atoms with Gasteiger partial charge in [-0.05, 0) is 96.2 Å². The molecule has 0 bridgehead atoms. The van der Waals surface area contributed by atoms with Gasteiger partial charge in [0.15, 0.2) is 0 Å². The van der Waals surface area contributed by atoms with Crippen LogP contribution in [0.15, 0.2) is 54.6 Å². The van der Waals surface area contributed by atoms with Crippen molar-refractivity contribution in [2.24, 2.45) is 0 Å². The van der Waals surface area contributed by atoms with Crippen molar-refractivity contribution >= 4 is 37.3 Å². The van der Waals surface area contributed by atoms with E-state index in [1.165, 1.54) is 36.4 Å². The first-order chi connectivity index (χ1) is 21.9. The van der Waals surface area contributed by atoms with Crippen LogP contribution in [-0.4, -0.2) is 57.3 Å². The molecule has 5 N–H and O–H groups in total. The Kier molecular flexibility index (Phi) is 13.9. The van der Waals surface area contributed by atoms with Crippen molar-refractivity contribution in [3.63, 3.8) is 0 Å². The monoisotopic (exact) mass is 642 g/mol. The summed E-state index contributed by atoms with van der Waals surface area (Å²) in [5, 5.41) is 53.5. The van der Waals surface area contributed by atoms with Crippen molar-refractivity contribution in [3.05, 3.63) is 88.7 Å². The van der Waals surface area contributed by atoms with Gasteiger partial charge in [-0.2, -0.15) is 0 Å². The summed E-state index contributed by atoms with van der Waals surface area (Å²) in [6.07, 6.45) is 3.26. The summed E-state index contributed by atoms with van der Waals surface area (Å²) < 4.78 is 55.8. The smallest absolute Gasteiger partial charge is 0.445 e. The molecule has 46 heavy (non-hydrogen) atoms. The molecule has 0 amide bonds. The number of unbranched alkanes of at least 4 members (excludes halogenated alkanes) is 2. The molecule has 0 aromatic heterocycles. The number of halogens is 3. The molecule has 0 fully saturated rings. The zero-order valence-corrected chi connectivity index (χ0v) is 27.0. The van der Waals surface area contributed by atoms with E-state index in [0.717, 1.165) is 31.0 Å². The third kappa shape index (κ3) is 9.04. The minimum Gasteiger partial charge on any atom is -0.445 e.